The molecule has 1 amide bonds. The molecule has 1 saturated heterocycles. The van der Waals surface area contributed by atoms with Gasteiger partial charge in [0.15, 0.2) is 5.16 Å². The van der Waals surface area contributed by atoms with Crippen molar-refractivity contribution in [2.45, 2.75) is 31.8 Å². The topological polar surface area (TPSA) is 49.3 Å². The van der Waals surface area contributed by atoms with Gasteiger partial charge in [0.1, 0.15) is 0 Å². The Morgan fingerprint density at radius 2 is 1.71 bits per heavy atom. The summed E-state index contributed by atoms with van der Waals surface area (Å²) in [6.45, 7) is 7.63. The molecule has 1 fully saturated rings. The third kappa shape index (κ3) is 4.17. The van der Waals surface area contributed by atoms with Crippen molar-refractivity contribution in [3.63, 3.8) is 0 Å². The van der Waals surface area contributed by atoms with Gasteiger partial charge < -0.3 is 9.80 Å². The lowest BCUT2D eigenvalue weighted by Crippen LogP contribution is -2.47. The van der Waals surface area contributed by atoms with E-state index in [0.29, 0.717) is 6.42 Å². The fourth-order valence-electron chi connectivity index (χ4n) is 2.61. The normalized spacial score (nSPS) is 16.3. The highest BCUT2D eigenvalue weighted by molar-refractivity contribution is 7.98. The standard InChI is InChI=1S/C15H24N4OS/c1-11-13(12(2)17-15(16-11)21-4)5-6-14(20)19-9-7-18(3)8-10-19/h5-10H2,1-4H3. The summed E-state index contributed by atoms with van der Waals surface area (Å²) in [6, 6.07) is 0. The molecular weight excluding hydrogens is 284 g/mol. The molecule has 1 aromatic rings. The van der Waals surface area contributed by atoms with Crippen LogP contribution in [0, 0.1) is 13.8 Å². The summed E-state index contributed by atoms with van der Waals surface area (Å²) in [7, 11) is 2.10. The fourth-order valence-corrected chi connectivity index (χ4v) is 3.06. The summed E-state index contributed by atoms with van der Waals surface area (Å²) < 4.78 is 0. The van der Waals surface area contributed by atoms with Crippen LogP contribution in [-0.4, -0.2) is 65.2 Å². The molecule has 0 aliphatic carbocycles. The van der Waals surface area contributed by atoms with Gasteiger partial charge in [-0.05, 0) is 39.1 Å². The average molecular weight is 308 g/mol. The van der Waals surface area contributed by atoms with Gasteiger partial charge in [-0.2, -0.15) is 0 Å². The maximum absolute atomic E-state index is 12.3. The molecule has 0 aromatic carbocycles. The largest absolute Gasteiger partial charge is 0.340 e. The van der Waals surface area contributed by atoms with Crippen LogP contribution in [-0.2, 0) is 11.2 Å². The number of piperazine rings is 1. The molecule has 0 atom stereocenters. The van der Waals surface area contributed by atoms with Gasteiger partial charge in [0.05, 0.1) is 0 Å². The number of rotatable bonds is 4. The number of carbonyl (C=O) groups excluding carboxylic acids is 1. The number of likely N-dealkylation sites (N-methyl/N-ethyl adjacent to an activating group) is 1. The van der Waals surface area contributed by atoms with E-state index in [9.17, 15) is 4.79 Å². The number of hydrogen-bond donors (Lipinski definition) is 0. The molecule has 0 radical (unpaired) electrons. The second-order valence-corrected chi connectivity index (χ2v) is 6.32. The Hall–Kier alpha value is -1.14. The lowest BCUT2D eigenvalue weighted by atomic mass is 10.1. The van der Waals surface area contributed by atoms with Crippen LogP contribution in [0.3, 0.4) is 0 Å². The molecule has 6 heteroatoms. The zero-order chi connectivity index (χ0) is 15.4. The van der Waals surface area contributed by atoms with Crippen LogP contribution >= 0.6 is 11.8 Å². The third-order valence-corrected chi connectivity index (χ3v) is 4.58. The van der Waals surface area contributed by atoms with E-state index >= 15 is 0 Å². The molecule has 0 saturated carbocycles. The lowest BCUT2D eigenvalue weighted by molar-refractivity contribution is -0.132. The second-order valence-electron chi connectivity index (χ2n) is 5.54. The van der Waals surface area contributed by atoms with E-state index < -0.39 is 0 Å². The third-order valence-electron chi connectivity index (χ3n) is 4.03. The number of hydrogen-bond acceptors (Lipinski definition) is 5. The highest BCUT2D eigenvalue weighted by Gasteiger charge is 2.19. The summed E-state index contributed by atoms with van der Waals surface area (Å²) in [5, 5.41) is 0.805. The van der Waals surface area contributed by atoms with Crippen molar-refractivity contribution in [2.24, 2.45) is 0 Å². The minimum absolute atomic E-state index is 0.246. The zero-order valence-corrected chi connectivity index (χ0v) is 14.2. The highest BCUT2D eigenvalue weighted by atomic mass is 32.2. The van der Waals surface area contributed by atoms with Crippen molar-refractivity contribution >= 4 is 17.7 Å². The monoisotopic (exact) mass is 308 g/mol. The maximum Gasteiger partial charge on any atom is 0.222 e. The molecular formula is C15H24N4OS. The highest BCUT2D eigenvalue weighted by Crippen LogP contribution is 2.17. The van der Waals surface area contributed by atoms with Crippen LogP contribution in [0.25, 0.3) is 0 Å². The van der Waals surface area contributed by atoms with Crippen LogP contribution in [0.4, 0.5) is 0 Å². The van der Waals surface area contributed by atoms with Crippen LogP contribution in [0.15, 0.2) is 5.16 Å². The van der Waals surface area contributed by atoms with Crippen molar-refractivity contribution in [3.05, 3.63) is 17.0 Å². The van der Waals surface area contributed by atoms with E-state index in [0.717, 1.165) is 54.7 Å². The lowest BCUT2D eigenvalue weighted by Gasteiger charge is -2.32. The Kier molecular flexibility index (Phi) is 5.58. The van der Waals surface area contributed by atoms with Gasteiger partial charge >= 0.3 is 0 Å². The first-order valence-corrected chi connectivity index (χ1v) is 8.58. The van der Waals surface area contributed by atoms with E-state index in [1.54, 1.807) is 11.8 Å². The zero-order valence-electron chi connectivity index (χ0n) is 13.3. The quantitative estimate of drug-likeness (QED) is 0.623. The first kappa shape index (κ1) is 16.2. The van der Waals surface area contributed by atoms with E-state index in [1.807, 2.05) is 25.0 Å². The van der Waals surface area contributed by atoms with Gasteiger partial charge in [-0.15, -0.1) is 0 Å². The minimum Gasteiger partial charge on any atom is -0.340 e. The van der Waals surface area contributed by atoms with Gasteiger partial charge in [0.2, 0.25) is 5.91 Å². The molecule has 0 spiro atoms. The van der Waals surface area contributed by atoms with Crippen molar-refractivity contribution < 1.29 is 4.79 Å². The molecule has 0 unspecified atom stereocenters. The van der Waals surface area contributed by atoms with Crippen LogP contribution < -0.4 is 0 Å². The Morgan fingerprint density at radius 1 is 1.14 bits per heavy atom. The van der Waals surface area contributed by atoms with Crippen LogP contribution in [0.1, 0.15) is 23.4 Å². The van der Waals surface area contributed by atoms with Gasteiger partial charge in [0.25, 0.3) is 0 Å². The maximum atomic E-state index is 12.3. The van der Waals surface area contributed by atoms with Crippen molar-refractivity contribution in [3.8, 4) is 0 Å². The summed E-state index contributed by atoms with van der Waals surface area (Å²) >= 11 is 1.55. The molecule has 2 heterocycles. The number of nitrogens with zero attached hydrogens (tertiary/aromatic N) is 4. The number of aryl methyl sites for hydroxylation is 2. The SMILES string of the molecule is CSc1nc(C)c(CCC(=O)N2CCN(C)CC2)c(C)n1. The van der Waals surface area contributed by atoms with Gasteiger partial charge in [-0.25, -0.2) is 9.97 Å². The van der Waals surface area contributed by atoms with Crippen molar-refractivity contribution in [2.75, 3.05) is 39.5 Å². The summed E-state index contributed by atoms with van der Waals surface area (Å²) in [5.74, 6) is 0.246. The molecule has 21 heavy (non-hydrogen) atoms. The van der Waals surface area contributed by atoms with Crippen molar-refractivity contribution in [1.82, 2.24) is 19.8 Å². The molecule has 2 rings (SSSR count). The number of thioether (sulfide) groups is 1. The van der Waals surface area contributed by atoms with E-state index in [4.69, 9.17) is 0 Å². The minimum atomic E-state index is 0.246. The average Bonchev–Trinajstić information content (AvgIpc) is 2.46. The fraction of sp³-hybridized carbons (Fsp3) is 0.667. The van der Waals surface area contributed by atoms with Gasteiger partial charge in [0, 0.05) is 44.0 Å². The first-order valence-electron chi connectivity index (χ1n) is 7.35. The molecule has 116 valence electrons. The molecule has 0 bridgehead atoms. The smallest absolute Gasteiger partial charge is 0.222 e. The summed E-state index contributed by atoms with van der Waals surface area (Å²) in [6.07, 6.45) is 3.26. The van der Waals surface area contributed by atoms with E-state index in [-0.39, 0.29) is 5.91 Å². The van der Waals surface area contributed by atoms with Crippen LogP contribution in [0.5, 0.6) is 0 Å². The van der Waals surface area contributed by atoms with E-state index in [2.05, 4.69) is 21.9 Å². The predicted molar refractivity (Wildman–Crippen MR) is 85.7 cm³/mol. The van der Waals surface area contributed by atoms with Crippen LogP contribution in [0.2, 0.25) is 0 Å². The Labute approximate surface area is 131 Å². The summed E-state index contributed by atoms with van der Waals surface area (Å²) in [4.78, 5) is 25.5. The molecule has 1 aliphatic rings. The molecule has 1 aromatic heterocycles. The number of aromatic nitrogens is 2. The predicted octanol–water partition coefficient (Wildman–Crippen LogP) is 1.52. The number of amides is 1. The Morgan fingerprint density at radius 3 is 2.24 bits per heavy atom. The summed E-state index contributed by atoms with van der Waals surface area (Å²) in [5.41, 5.74) is 3.12. The number of carbonyl (C=O) groups is 1. The van der Waals surface area contributed by atoms with Gasteiger partial charge in [-0.1, -0.05) is 11.8 Å². The van der Waals surface area contributed by atoms with Gasteiger partial charge in [-0.3, -0.25) is 4.79 Å². The molecule has 5 nitrogen and oxygen atoms in total. The van der Waals surface area contributed by atoms with Crippen molar-refractivity contribution in [1.29, 1.82) is 0 Å². The Balaban J connectivity index is 1.95. The molecule has 1 aliphatic heterocycles. The molecule has 0 N–H and O–H groups in total. The Bertz CT molecular complexity index is 489. The first-order chi connectivity index (χ1) is 10.0. The second kappa shape index (κ2) is 7.22. The van der Waals surface area contributed by atoms with E-state index in [1.165, 1.54) is 0 Å².